The van der Waals surface area contributed by atoms with Crippen molar-refractivity contribution in [1.29, 1.82) is 0 Å². The summed E-state index contributed by atoms with van der Waals surface area (Å²) in [5.74, 6) is 0. The zero-order valence-electron chi connectivity index (χ0n) is 6.24. The third kappa shape index (κ3) is 7.88. The molecular formula is C6H16N2O. The van der Waals surface area contributed by atoms with E-state index in [2.05, 4.69) is 10.6 Å². The van der Waals surface area contributed by atoms with Crippen LogP contribution in [0.1, 0.15) is 6.42 Å². The Hall–Kier alpha value is -0.120. The fourth-order valence-corrected chi connectivity index (χ4v) is 0.555. The molecule has 0 fully saturated rings. The van der Waals surface area contributed by atoms with E-state index in [1.54, 1.807) is 7.11 Å². The van der Waals surface area contributed by atoms with E-state index in [4.69, 9.17) is 4.74 Å². The molecule has 0 amide bonds. The predicted octanol–water partition coefficient (Wildman–Crippen LogP) is -0.211. The minimum Gasteiger partial charge on any atom is -0.385 e. The van der Waals surface area contributed by atoms with Crippen molar-refractivity contribution < 1.29 is 4.74 Å². The first-order valence-electron chi connectivity index (χ1n) is 3.26. The molecule has 2 N–H and O–H groups in total. The number of methoxy groups -OCH3 is 1. The van der Waals surface area contributed by atoms with Crippen molar-refractivity contribution in [2.24, 2.45) is 0 Å². The Morgan fingerprint density at radius 2 is 2.22 bits per heavy atom. The summed E-state index contributed by atoms with van der Waals surface area (Å²) in [5, 5.41) is 6.17. The molecule has 0 aliphatic heterocycles. The molecule has 0 rings (SSSR count). The first-order chi connectivity index (χ1) is 4.41. The maximum absolute atomic E-state index is 4.86. The molecule has 0 aromatic heterocycles. The average Bonchev–Trinajstić information content (AvgIpc) is 1.89. The highest BCUT2D eigenvalue weighted by Crippen LogP contribution is 1.74. The zero-order chi connectivity index (χ0) is 6.95. The van der Waals surface area contributed by atoms with Crippen molar-refractivity contribution in [3.8, 4) is 0 Å². The molecule has 56 valence electrons. The predicted molar refractivity (Wildman–Crippen MR) is 38.4 cm³/mol. The van der Waals surface area contributed by atoms with Gasteiger partial charge in [0.1, 0.15) is 0 Å². The lowest BCUT2D eigenvalue weighted by atomic mass is 10.4. The van der Waals surface area contributed by atoms with Crippen molar-refractivity contribution in [1.82, 2.24) is 10.6 Å². The van der Waals surface area contributed by atoms with E-state index in [1.165, 1.54) is 0 Å². The van der Waals surface area contributed by atoms with E-state index in [0.29, 0.717) is 0 Å². The minimum atomic E-state index is 0.844. The molecule has 0 aromatic rings. The summed E-state index contributed by atoms with van der Waals surface area (Å²) in [6.07, 6.45) is 1.08. The quantitative estimate of drug-likeness (QED) is 0.387. The van der Waals surface area contributed by atoms with Gasteiger partial charge in [-0.1, -0.05) is 0 Å². The van der Waals surface area contributed by atoms with Crippen LogP contribution in [0.5, 0.6) is 0 Å². The molecular weight excluding hydrogens is 116 g/mol. The highest BCUT2D eigenvalue weighted by atomic mass is 16.5. The van der Waals surface area contributed by atoms with Gasteiger partial charge in [-0.05, 0) is 20.0 Å². The smallest absolute Gasteiger partial charge is 0.0474 e. The second-order valence-corrected chi connectivity index (χ2v) is 1.88. The van der Waals surface area contributed by atoms with Crippen LogP contribution in [-0.4, -0.2) is 34.0 Å². The first-order valence-corrected chi connectivity index (χ1v) is 3.26. The Balaban J connectivity index is 2.60. The molecule has 0 spiro atoms. The van der Waals surface area contributed by atoms with E-state index in [1.807, 2.05) is 7.05 Å². The van der Waals surface area contributed by atoms with Crippen molar-refractivity contribution in [2.45, 2.75) is 6.42 Å². The summed E-state index contributed by atoms with van der Waals surface area (Å²) in [6.45, 7) is 2.75. The van der Waals surface area contributed by atoms with E-state index in [9.17, 15) is 0 Å². The molecule has 0 heterocycles. The Kier molecular flexibility index (Phi) is 7.77. The van der Waals surface area contributed by atoms with Gasteiger partial charge in [0, 0.05) is 20.4 Å². The van der Waals surface area contributed by atoms with Gasteiger partial charge in [-0.15, -0.1) is 0 Å². The number of hydrogen-bond donors (Lipinski definition) is 2. The SMILES string of the molecule is CNCNCCCOC. The maximum atomic E-state index is 4.86. The van der Waals surface area contributed by atoms with Gasteiger partial charge in [-0.25, -0.2) is 0 Å². The normalized spacial score (nSPS) is 10.0. The topological polar surface area (TPSA) is 33.3 Å². The van der Waals surface area contributed by atoms with Gasteiger partial charge in [0.15, 0.2) is 0 Å². The number of nitrogens with one attached hydrogen (secondary N) is 2. The number of hydrogen-bond acceptors (Lipinski definition) is 3. The van der Waals surface area contributed by atoms with E-state index < -0.39 is 0 Å². The molecule has 0 aliphatic rings. The molecule has 0 unspecified atom stereocenters. The monoisotopic (exact) mass is 132 g/mol. The Morgan fingerprint density at radius 1 is 1.44 bits per heavy atom. The third-order valence-electron chi connectivity index (χ3n) is 1.00. The van der Waals surface area contributed by atoms with Crippen LogP contribution in [0.2, 0.25) is 0 Å². The van der Waals surface area contributed by atoms with Crippen LogP contribution in [-0.2, 0) is 4.74 Å². The van der Waals surface area contributed by atoms with Crippen molar-refractivity contribution in [2.75, 3.05) is 34.0 Å². The highest BCUT2D eigenvalue weighted by molar-refractivity contribution is 4.42. The van der Waals surface area contributed by atoms with Crippen molar-refractivity contribution >= 4 is 0 Å². The van der Waals surface area contributed by atoms with Crippen molar-refractivity contribution in [3.63, 3.8) is 0 Å². The summed E-state index contributed by atoms with van der Waals surface area (Å²) in [7, 11) is 3.64. The molecule has 9 heavy (non-hydrogen) atoms. The minimum absolute atomic E-state index is 0.844. The Morgan fingerprint density at radius 3 is 2.78 bits per heavy atom. The van der Waals surface area contributed by atoms with Crippen LogP contribution in [0, 0.1) is 0 Å². The highest BCUT2D eigenvalue weighted by Gasteiger charge is 1.83. The molecule has 0 aromatic carbocycles. The van der Waals surface area contributed by atoms with Gasteiger partial charge in [-0.3, -0.25) is 0 Å². The van der Waals surface area contributed by atoms with Gasteiger partial charge in [0.2, 0.25) is 0 Å². The number of rotatable bonds is 6. The van der Waals surface area contributed by atoms with Gasteiger partial charge in [0.25, 0.3) is 0 Å². The molecule has 3 heteroatoms. The van der Waals surface area contributed by atoms with Crippen LogP contribution < -0.4 is 10.6 Å². The zero-order valence-corrected chi connectivity index (χ0v) is 6.24. The lowest BCUT2D eigenvalue weighted by Gasteiger charge is -2.01. The van der Waals surface area contributed by atoms with Crippen LogP contribution in [0.4, 0.5) is 0 Å². The van der Waals surface area contributed by atoms with Crippen molar-refractivity contribution in [3.05, 3.63) is 0 Å². The van der Waals surface area contributed by atoms with E-state index >= 15 is 0 Å². The van der Waals surface area contributed by atoms with Crippen LogP contribution >= 0.6 is 0 Å². The third-order valence-corrected chi connectivity index (χ3v) is 1.00. The Bertz CT molecular complexity index is 44.3. The molecule has 3 nitrogen and oxygen atoms in total. The summed E-state index contributed by atoms with van der Waals surface area (Å²) in [5.41, 5.74) is 0. The summed E-state index contributed by atoms with van der Waals surface area (Å²) in [6, 6.07) is 0. The van der Waals surface area contributed by atoms with E-state index in [0.717, 1.165) is 26.2 Å². The van der Waals surface area contributed by atoms with Gasteiger partial charge in [0.05, 0.1) is 0 Å². The summed E-state index contributed by atoms with van der Waals surface area (Å²) in [4.78, 5) is 0. The summed E-state index contributed by atoms with van der Waals surface area (Å²) >= 11 is 0. The second-order valence-electron chi connectivity index (χ2n) is 1.88. The van der Waals surface area contributed by atoms with Crippen LogP contribution in [0.25, 0.3) is 0 Å². The molecule has 0 radical (unpaired) electrons. The molecule has 0 saturated carbocycles. The average molecular weight is 132 g/mol. The van der Waals surface area contributed by atoms with E-state index in [-0.39, 0.29) is 0 Å². The standard InChI is InChI=1S/C6H16N2O/c1-7-6-8-4-3-5-9-2/h7-8H,3-6H2,1-2H3. The number of ether oxygens (including phenoxy) is 1. The molecule has 0 bridgehead atoms. The second kappa shape index (κ2) is 7.88. The summed E-state index contributed by atoms with van der Waals surface area (Å²) < 4.78 is 4.86. The molecule has 0 aliphatic carbocycles. The molecule has 0 atom stereocenters. The fourth-order valence-electron chi connectivity index (χ4n) is 0.555. The van der Waals surface area contributed by atoms with Crippen LogP contribution in [0.15, 0.2) is 0 Å². The lowest BCUT2D eigenvalue weighted by molar-refractivity contribution is 0.194. The Labute approximate surface area is 56.8 Å². The molecule has 0 saturated heterocycles. The van der Waals surface area contributed by atoms with Gasteiger partial charge in [-0.2, -0.15) is 0 Å². The largest absolute Gasteiger partial charge is 0.385 e. The first kappa shape index (κ1) is 8.88. The van der Waals surface area contributed by atoms with Gasteiger partial charge < -0.3 is 15.4 Å². The lowest BCUT2D eigenvalue weighted by Crippen LogP contribution is -2.27. The van der Waals surface area contributed by atoms with Crippen LogP contribution in [0.3, 0.4) is 0 Å². The fraction of sp³-hybridized carbons (Fsp3) is 1.00. The maximum Gasteiger partial charge on any atom is 0.0474 e. The van der Waals surface area contributed by atoms with Gasteiger partial charge >= 0.3 is 0 Å².